The number of benzene rings is 1. The largest absolute Gasteiger partial charge is 0.391 e. The van der Waals surface area contributed by atoms with Gasteiger partial charge in [-0.15, -0.1) is 0 Å². The van der Waals surface area contributed by atoms with E-state index in [0.717, 1.165) is 0 Å². The highest BCUT2D eigenvalue weighted by Crippen LogP contribution is 2.19. The van der Waals surface area contributed by atoms with Crippen molar-refractivity contribution < 1.29 is 24.3 Å². The normalized spacial score (nSPS) is 14.8. The van der Waals surface area contributed by atoms with Crippen LogP contribution in [0, 0.1) is 11.8 Å². The second-order valence-corrected chi connectivity index (χ2v) is 8.47. The molecule has 1 aromatic carbocycles. The van der Waals surface area contributed by atoms with Crippen molar-refractivity contribution in [3.05, 3.63) is 34.9 Å². The Morgan fingerprint density at radius 1 is 1.03 bits per heavy atom. The molecule has 4 unspecified atom stereocenters. The monoisotopic (exact) mass is 467 g/mol. The number of nitrogens with one attached hydrogen (secondary N) is 1. The van der Waals surface area contributed by atoms with Gasteiger partial charge in [0.15, 0.2) is 5.78 Å². The van der Waals surface area contributed by atoms with Crippen LogP contribution >= 0.6 is 11.6 Å². The number of halogens is 1. The fraction of sp³-hybridized carbons (Fsp3) is 0.565. The molecule has 32 heavy (non-hydrogen) atoms. The lowest BCUT2D eigenvalue weighted by Crippen LogP contribution is -2.50. The standard InChI is InChI=1S/C23H34ClN3O5/c1-14(28)16(7-9-25)13-21(31)22(15(2)29)27-23(32)18(8-10-26)12-19(30)11-17-5-3-4-6-20(17)24/h3-6,15-16,18,22,29H,7-13,25-26H2,1-2H3,(H,27,32). The first kappa shape index (κ1) is 27.9. The number of hydrogen-bond donors (Lipinski definition) is 4. The third kappa shape index (κ3) is 9.16. The second-order valence-electron chi connectivity index (χ2n) is 8.07. The molecule has 178 valence electrons. The van der Waals surface area contributed by atoms with Gasteiger partial charge in [-0.2, -0.15) is 0 Å². The van der Waals surface area contributed by atoms with Crippen LogP contribution in [0.3, 0.4) is 0 Å². The molecule has 1 rings (SSSR count). The van der Waals surface area contributed by atoms with E-state index >= 15 is 0 Å². The third-order valence-corrected chi connectivity index (χ3v) is 5.74. The van der Waals surface area contributed by atoms with Crippen molar-refractivity contribution in [2.75, 3.05) is 13.1 Å². The molecule has 0 saturated carbocycles. The topological polar surface area (TPSA) is 153 Å². The van der Waals surface area contributed by atoms with Gasteiger partial charge in [-0.25, -0.2) is 0 Å². The average Bonchev–Trinajstić information content (AvgIpc) is 2.72. The zero-order chi connectivity index (χ0) is 24.3. The number of aliphatic hydroxyl groups excluding tert-OH is 1. The molecule has 6 N–H and O–H groups in total. The molecule has 9 heteroatoms. The minimum Gasteiger partial charge on any atom is -0.391 e. The lowest BCUT2D eigenvalue weighted by molar-refractivity contribution is -0.135. The van der Waals surface area contributed by atoms with E-state index in [9.17, 15) is 24.3 Å². The Morgan fingerprint density at radius 2 is 1.62 bits per heavy atom. The van der Waals surface area contributed by atoms with Crippen LogP contribution in [0.5, 0.6) is 0 Å². The average molecular weight is 468 g/mol. The molecular formula is C23H34ClN3O5. The molecule has 0 aliphatic rings. The van der Waals surface area contributed by atoms with Crippen molar-refractivity contribution in [2.45, 2.75) is 58.1 Å². The molecular weight excluding hydrogens is 434 g/mol. The summed E-state index contributed by atoms with van der Waals surface area (Å²) in [5.41, 5.74) is 11.8. The molecule has 0 aromatic heterocycles. The Bertz CT molecular complexity index is 800. The van der Waals surface area contributed by atoms with E-state index in [0.29, 0.717) is 17.0 Å². The quantitative estimate of drug-likeness (QED) is 0.302. The van der Waals surface area contributed by atoms with Crippen LogP contribution in [-0.4, -0.2) is 53.6 Å². The molecule has 0 spiro atoms. The van der Waals surface area contributed by atoms with Gasteiger partial charge < -0.3 is 21.9 Å². The number of hydrogen-bond acceptors (Lipinski definition) is 7. The fourth-order valence-electron chi connectivity index (χ4n) is 3.49. The lowest BCUT2D eigenvalue weighted by atomic mass is 9.90. The Morgan fingerprint density at radius 3 is 2.16 bits per heavy atom. The Kier molecular flexibility index (Phi) is 12.3. The summed E-state index contributed by atoms with van der Waals surface area (Å²) in [6.45, 7) is 3.18. The summed E-state index contributed by atoms with van der Waals surface area (Å²) in [7, 11) is 0. The van der Waals surface area contributed by atoms with E-state index in [1.54, 1.807) is 24.3 Å². The van der Waals surface area contributed by atoms with E-state index in [1.165, 1.54) is 13.8 Å². The van der Waals surface area contributed by atoms with Crippen LogP contribution in [-0.2, 0) is 25.6 Å². The van der Waals surface area contributed by atoms with E-state index in [4.69, 9.17) is 23.1 Å². The minimum absolute atomic E-state index is 0.0712. The zero-order valence-electron chi connectivity index (χ0n) is 18.7. The molecule has 1 aromatic rings. The third-order valence-electron chi connectivity index (χ3n) is 5.37. The number of carbonyl (C=O) groups is 4. The highest BCUT2D eigenvalue weighted by molar-refractivity contribution is 6.31. The maximum absolute atomic E-state index is 12.9. The van der Waals surface area contributed by atoms with Gasteiger partial charge in [0.1, 0.15) is 17.6 Å². The van der Waals surface area contributed by atoms with Gasteiger partial charge in [-0.3, -0.25) is 19.2 Å². The Labute approximate surface area is 194 Å². The zero-order valence-corrected chi connectivity index (χ0v) is 19.4. The first-order valence-corrected chi connectivity index (χ1v) is 11.1. The molecule has 0 fully saturated rings. The van der Waals surface area contributed by atoms with Crippen molar-refractivity contribution in [1.82, 2.24) is 5.32 Å². The number of ketones is 3. The van der Waals surface area contributed by atoms with Gasteiger partial charge in [0.05, 0.1) is 6.10 Å². The molecule has 0 aliphatic carbocycles. The maximum Gasteiger partial charge on any atom is 0.224 e. The van der Waals surface area contributed by atoms with E-state index in [1.807, 2.05) is 0 Å². The van der Waals surface area contributed by atoms with Crippen LogP contribution < -0.4 is 16.8 Å². The maximum atomic E-state index is 12.9. The van der Waals surface area contributed by atoms with Crippen molar-refractivity contribution in [3.8, 4) is 0 Å². The lowest BCUT2D eigenvalue weighted by Gasteiger charge is -2.25. The molecule has 0 saturated heterocycles. The summed E-state index contributed by atoms with van der Waals surface area (Å²) in [6.07, 6.45) is -0.716. The molecule has 8 nitrogen and oxygen atoms in total. The van der Waals surface area contributed by atoms with Crippen molar-refractivity contribution in [2.24, 2.45) is 23.3 Å². The number of carbonyl (C=O) groups excluding carboxylic acids is 4. The summed E-state index contributed by atoms with van der Waals surface area (Å²) in [4.78, 5) is 49.9. The summed E-state index contributed by atoms with van der Waals surface area (Å²) in [5.74, 6) is -2.69. The van der Waals surface area contributed by atoms with Crippen LogP contribution in [0.2, 0.25) is 5.02 Å². The van der Waals surface area contributed by atoms with Gasteiger partial charge >= 0.3 is 0 Å². The minimum atomic E-state index is -1.19. The van der Waals surface area contributed by atoms with Gasteiger partial charge in [0, 0.05) is 36.1 Å². The first-order valence-electron chi connectivity index (χ1n) is 10.8. The predicted molar refractivity (Wildman–Crippen MR) is 123 cm³/mol. The Hall–Kier alpha value is -2.13. The summed E-state index contributed by atoms with van der Waals surface area (Å²) >= 11 is 6.10. The summed E-state index contributed by atoms with van der Waals surface area (Å²) < 4.78 is 0. The van der Waals surface area contributed by atoms with Gasteiger partial charge in [0.25, 0.3) is 0 Å². The van der Waals surface area contributed by atoms with Crippen LogP contribution in [0.15, 0.2) is 24.3 Å². The Balaban J connectivity index is 2.85. The molecule has 0 bridgehead atoms. The van der Waals surface area contributed by atoms with E-state index in [2.05, 4.69) is 5.32 Å². The molecule has 0 radical (unpaired) electrons. The van der Waals surface area contributed by atoms with E-state index in [-0.39, 0.29) is 50.3 Å². The number of nitrogens with two attached hydrogens (primary N) is 2. The SMILES string of the molecule is CC(=O)C(CCN)CC(=O)C(NC(=O)C(CCN)CC(=O)Cc1ccccc1Cl)C(C)O. The number of amides is 1. The molecule has 0 heterocycles. The van der Waals surface area contributed by atoms with Gasteiger partial charge in [-0.1, -0.05) is 29.8 Å². The smallest absolute Gasteiger partial charge is 0.224 e. The molecule has 0 aliphatic heterocycles. The predicted octanol–water partition coefficient (Wildman–Crippen LogP) is 1.19. The number of aliphatic hydroxyl groups is 1. The molecule has 1 amide bonds. The summed E-state index contributed by atoms with van der Waals surface area (Å²) in [6, 6.07) is 5.77. The highest BCUT2D eigenvalue weighted by Gasteiger charge is 2.31. The van der Waals surface area contributed by atoms with Gasteiger partial charge in [-0.05, 0) is 51.4 Å². The number of Topliss-reactive ketones (excluding diaryl/α,β-unsaturated/α-hetero) is 3. The highest BCUT2D eigenvalue weighted by atomic mass is 35.5. The molecule has 4 atom stereocenters. The first-order chi connectivity index (χ1) is 15.1. The van der Waals surface area contributed by atoms with Crippen LogP contribution in [0.1, 0.15) is 45.1 Å². The summed E-state index contributed by atoms with van der Waals surface area (Å²) in [5, 5.41) is 13.1. The number of rotatable bonds is 15. The van der Waals surface area contributed by atoms with Crippen molar-refractivity contribution >= 4 is 34.9 Å². The van der Waals surface area contributed by atoms with Crippen molar-refractivity contribution in [1.29, 1.82) is 0 Å². The van der Waals surface area contributed by atoms with E-state index < -0.39 is 35.7 Å². The van der Waals surface area contributed by atoms with Crippen molar-refractivity contribution in [3.63, 3.8) is 0 Å². The fourth-order valence-corrected chi connectivity index (χ4v) is 3.69. The second kappa shape index (κ2) is 14.1. The van der Waals surface area contributed by atoms with Gasteiger partial charge in [0.2, 0.25) is 5.91 Å². The van der Waals surface area contributed by atoms with Crippen LogP contribution in [0.25, 0.3) is 0 Å². The van der Waals surface area contributed by atoms with Crippen LogP contribution in [0.4, 0.5) is 0 Å².